The number of nitrogens with zero attached hydrogens (tertiary/aromatic N) is 1. The first-order chi connectivity index (χ1) is 8.40. The number of urea groups is 1. The van der Waals surface area contributed by atoms with Crippen molar-refractivity contribution in [2.75, 3.05) is 24.1 Å². The molecule has 0 unspecified atom stereocenters. The number of benzene rings is 1. The van der Waals surface area contributed by atoms with Crippen LogP contribution in [0.2, 0.25) is 0 Å². The lowest BCUT2D eigenvalue weighted by Gasteiger charge is -2.22. The van der Waals surface area contributed by atoms with E-state index in [1.54, 1.807) is 6.26 Å². The smallest absolute Gasteiger partial charge is 0.341 e. The number of nitrogens with one attached hydrogen (secondary N) is 1. The van der Waals surface area contributed by atoms with Crippen LogP contribution in [0.4, 0.5) is 23.7 Å². The van der Waals surface area contributed by atoms with E-state index in [1.807, 2.05) is 0 Å². The Morgan fingerprint density at radius 2 is 2.11 bits per heavy atom. The van der Waals surface area contributed by atoms with Gasteiger partial charge in [-0.2, -0.15) is 13.2 Å². The minimum atomic E-state index is -4.41. The molecule has 3 nitrogen and oxygen atoms in total. The van der Waals surface area contributed by atoms with Crippen LogP contribution in [-0.2, 0) is 6.18 Å². The highest BCUT2D eigenvalue weighted by Gasteiger charge is 2.31. The molecule has 0 heterocycles. The second-order valence-corrected chi connectivity index (χ2v) is 4.28. The Balaban J connectivity index is 3.09. The highest BCUT2D eigenvalue weighted by atomic mass is 32.2. The van der Waals surface area contributed by atoms with Gasteiger partial charge in [-0.3, -0.25) is 4.90 Å². The van der Waals surface area contributed by atoms with Crippen LogP contribution in [0, 0.1) is 0 Å². The van der Waals surface area contributed by atoms with E-state index in [0.29, 0.717) is 0 Å². The molecular weight excluding hydrogens is 265 g/mol. The van der Waals surface area contributed by atoms with E-state index in [9.17, 15) is 18.0 Å². The second-order valence-electron chi connectivity index (χ2n) is 3.45. The zero-order valence-corrected chi connectivity index (χ0v) is 10.7. The Kier molecular flexibility index (Phi) is 4.89. The van der Waals surface area contributed by atoms with Crippen LogP contribution < -0.4 is 10.2 Å². The molecular formula is C11H13F3N2OS. The molecule has 1 rings (SSSR count). The zero-order chi connectivity index (χ0) is 13.8. The van der Waals surface area contributed by atoms with Gasteiger partial charge in [0, 0.05) is 12.7 Å². The van der Waals surface area contributed by atoms with E-state index in [-0.39, 0.29) is 11.6 Å². The quantitative estimate of drug-likeness (QED) is 0.861. The van der Waals surface area contributed by atoms with E-state index in [2.05, 4.69) is 5.32 Å². The molecule has 0 aliphatic carbocycles. The van der Waals surface area contributed by atoms with Crippen LogP contribution in [0.25, 0.3) is 0 Å². The number of hydrogen-bond donors (Lipinski definition) is 1. The lowest BCUT2D eigenvalue weighted by Crippen LogP contribution is -2.37. The first-order valence-electron chi connectivity index (χ1n) is 5.05. The fraction of sp³-hybridized carbons (Fsp3) is 0.364. The Morgan fingerprint density at radius 3 is 2.61 bits per heavy atom. The SMILES string of the molecule is CNC(=O)N(CSC)c1cccc(C(F)(F)F)c1. The number of thioether (sulfide) groups is 1. The molecule has 0 radical (unpaired) electrons. The van der Waals surface area contributed by atoms with E-state index in [0.717, 1.165) is 12.1 Å². The van der Waals surface area contributed by atoms with Gasteiger partial charge in [0.25, 0.3) is 0 Å². The summed E-state index contributed by atoms with van der Waals surface area (Å²) in [6.07, 6.45) is -2.65. The van der Waals surface area contributed by atoms with Gasteiger partial charge in [-0.25, -0.2) is 4.79 Å². The second kappa shape index (κ2) is 5.99. The van der Waals surface area contributed by atoms with Gasteiger partial charge >= 0.3 is 12.2 Å². The lowest BCUT2D eigenvalue weighted by atomic mass is 10.2. The summed E-state index contributed by atoms with van der Waals surface area (Å²) in [6.45, 7) is 0. The molecule has 0 aliphatic rings. The normalized spacial score (nSPS) is 11.2. The van der Waals surface area contributed by atoms with Crippen molar-refractivity contribution in [3.8, 4) is 0 Å². The van der Waals surface area contributed by atoms with Crippen molar-refractivity contribution in [1.82, 2.24) is 5.32 Å². The predicted octanol–water partition coefficient (Wildman–Crippen LogP) is 3.17. The van der Waals surface area contributed by atoms with Crippen LogP contribution in [0.15, 0.2) is 24.3 Å². The molecule has 0 spiro atoms. The van der Waals surface area contributed by atoms with Gasteiger partial charge in [-0.15, -0.1) is 11.8 Å². The molecule has 0 aliphatic heterocycles. The molecule has 100 valence electrons. The maximum absolute atomic E-state index is 12.6. The van der Waals surface area contributed by atoms with Crippen molar-refractivity contribution >= 4 is 23.5 Å². The molecule has 18 heavy (non-hydrogen) atoms. The summed E-state index contributed by atoms with van der Waals surface area (Å²) in [6, 6.07) is 4.26. The number of anilines is 1. The number of carbonyl (C=O) groups is 1. The fourth-order valence-electron chi connectivity index (χ4n) is 1.36. The topological polar surface area (TPSA) is 32.3 Å². The number of carbonyl (C=O) groups excluding carboxylic acids is 1. The van der Waals surface area contributed by atoms with Gasteiger partial charge in [0.1, 0.15) is 0 Å². The molecule has 0 saturated heterocycles. The van der Waals surface area contributed by atoms with Gasteiger partial charge in [0.2, 0.25) is 0 Å². The summed E-state index contributed by atoms with van der Waals surface area (Å²) in [5.74, 6) is 0.279. The highest BCUT2D eigenvalue weighted by Crippen LogP contribution is 2.31. The summed E-state index contributed by atoms with van der Waals surface area (Å²) in [5.41, 5.74) is -0.548. The number of amides is 2. The maximum Gasteiger partial charge on any atom is 0.416 e. The third kappa shape index (κ3) is 3.56. The van der Waals surface area contributed by atoms with Crippen molar-refractivity contribution in [2.24, 2.45) is 0 Å². The fourth-order valence-corrected chi connectivity index (χ4v) is 1.89. The van der Waals surface area contributed by atoms with E-state index < -0.39 is 17.8 Å². The van der Waals surface area contributed by atoms with Gasteiger partial charge in [0.15, 0.2) is 0 Å². The van der Waals surface area contributed by atoms with Crippen LogP contribution in [0.1, 0.15) is 5.56 Å². The molecule has 1 N–H and O–H groups in total. The molecule has 0 saturated carbocycles. The third-order valence-electron chi connectivity index (χ3n) is 2.20. The van der Waals surface area contributed by atoms with E-state index >= 15 is 0 Å². The number of hydrogen-bond acceptors (Lipinski definition) is 2. The Morgan fingerprint density at radius 1 is 1.44 bits per heavy atom. The lowest BCUT2D eigenvalue weighted by molar-refractivity contribution is -0.137. The summed E-state index contributed by atoms with van der Waals surface area (Å²) in [5, 5.41) is 2.40. The van der Waals surface area contributed by atoms with Crippen LogP contribution in [-0.4, -0.2) is 25.2 Å². The summed E-state index contributed by atoms with van der Waals surface area (Å²) < 4.78 is 37.7. The van der Waals surface area contributed by atoms with Crippen molar-refractivity contribution in [3.05, 3.63) is 29.8 Å². The molecule has 1 aromatic rings. The Hall–Kier alpha value is -1.37. The minimum absolute atomic E-state index is 0.221. The van der Waals surface area contributed by atoms with Gasteiger partial charge in [0.05, 0.1) is 11.4 Å². The largest absolute Gasteiger partial charge is 0.416 e. The molecule has 0 atom stereocenters. The Bertz CT molecular complexity index is 423. The van der Waals surface area contributed by atoms with Gasteiger partial charge in [-0.1, -0.05) is 6.07 Å². The first kappa shape index (κ1) is 14.7. The van der Waals surface area contributed by atoms with Crippen molar-refractivity contribution < 1.29 is 18.0 Å². The zero-order valence-electron chi connectivity index (χ0n) is 9.91. The minimum Gasteiger partial charge on any atom is -0.341 e. The first-order valence-corrected chi connectivity index (χ1v) is 6.45. The van der Waals surface area contributed by atoms with Crippen LogP contribution >= 0.6 is 11.8 Å². The van der Waals surface area contributed by atoms with E-state index in [4.69, 9.17) is 0 Å². The van der Waals surface area contributed by atoms with Crippen molar-refractivity contribution in [1.29, 1.82) is 0 Å². The average molecular weight is 278 g/mol. The highest BCUT2D eigenvalue weighted by molar-refractivity contribution is 7.98. The molecule has 1 aromatic carbocycles. The summed E-state index contributed by atoms with van der Waals surface area (Å²) in [4.78, 5) is 12.8. The number of alkyl halides is 3. The molecule has 2 amide bonds. The predicted molar refractivity (Wildman–Crippen MR) is 66.8 cm³/mol. The van der Waals surface area contributed by atoms with Gasteiger partial charge < -0.3 is 5.32 Å². The monoisotopic (exact) mass is 278 g/mol. The number of halogens is 3. The van der Waals surface area contributed by atoms with Gasteiger partial charge in [-0.05, 0) is 24.5 Å². The molecule has 7 heteroatoms. The number of rotatable bonds is 3. The van der Waals surface area contributed by atoms with Crippen LogP contribution in [0.5, 0.6) is 0 Å². The van der Waals surface area contributed by atoms with Crippen LogP contribution in [0.3, 0.4) is 0 Å². The molecule has 0 aromatic heterocycles. The summed E-state index contributed by atoms with van der Waals surface area (Å²) in [7, 11) is 1.43. The molecule has 0 bridgehead atoms. The third-order valence-corrected chi connectivity index (χ3v) is 2.72. The van der Waals surface area contributed by atoms with Crippen molar-refractivity contribution in [2.45, 2.75) is 6.18 Å². The Labute approximate surface area is 107 Å². The molecule has 0 fully saturated rings. The van der Waals surface area contributed by atoms with Crippen molar-refractivity contribution in [3.63, 3.8) is 0 Å². The van der Waals surface area contributed by atoms with E-state index in [1.165, 1.54) is 35.8 Å². The standard InChI is InChI=1S/C11H13F3N2OS/c1-15-10(17)16(7-18-2)9-5-3-4-8(6-9)11(12,13)14/h3-6H,7H2,1-2H3,(H,15,17). The maximum atomic E-state index is 12.6. The average Bonchev–Trinajstić information content (AvgIpc) is 2.34. The summed E-state index contributed by atoms with van der Waals surface area (Å²) >= 11 is 1.35.